The number of halogens is 1. The van der Waals surface area contributed by atoms with Gasteiger partial charge in [-0.3, -0.25) is 10.4 Å². The van der Waals surface area contributed by atoms with Crippen LogP contribution in [0.1, 0.15) is 31.2 Å². The number of amidine groups is 2. The molecule has 1 fully saturated rings. The summed E-state index contributed by atoms with van der Waals surface area (Å²) in [4.78, 5) is 6.72. The number of hydrogen-bond donors (Lipinski definition) is 1. The molecule has 0 spiro atoms. The van der Waals surface area contributed by atoms with Crippen LogP contribution in [0.3, 0.4) is 0 Å². The Morgan fingerprint density at radius 3 is 2.87 bits per heavy atom. The summed E-state index contributed by atoms with van der Waals surface area (Å²) in [6, 6.07) is 10.5. The van der Waals surface area contributed by atoms with Gasteiger partial charge in [-0.1, -0.05) is 43.2 Å². The van der Waals surface area contributed by atoms with Gasteiger partial charge < -0.3 is 9.64 Å². The zero-order valence-corrected chi connectivity index (χ0v) is 14.2. The molecule has 124 valence electrons. The minimum atomic E-state index is 0.171. The standard InChI is InChI=1S/C17H23ClN4O/c1-22-11-16(20-21-17(22)18)19-14-9-5-6-10-15(14)23-12-13-7-3-2-4-8-13/h2-4,7-8,14-15H,5-6,9-12H2,1H3,(H,19,20)/t14-,15-/m1/s1. The average molecular weight is 335 g/mol. The van der Waals surface area contributed by atoms with Crippen LogP contribution in [0.15, 0.2) is 40.4 Å². The molecular weight excluding hydrogens is 312 g/mol. The number of ether oxygens (including phenoxy) is 1. The maximum absolute atomic E-state index is 6.16. The van der Waals surface area contributed by atoms with Crippen LogP contribution in [0, 0.1) is 0 Å². The maximum Gasteiger partial charge on any atom is 0.217 e. The highest BCUT2D eigenvalue weighted by atomic mass is 35.5. The van der Waals surface area contributed by atoms with Crippen LogP contribution in [-0.2, 0) is 11.3 Å². The third-order valence-corrected chi connectivity index (χ3v) is 4.65. The summed E-state index contributed by atoms with van der Waals surface area (Å²) in [5.41, 5.74) is 4.15. The Labute approximate surface area is 142 Å². The van der Waals surface area contributed by atoms with Gasteiger partial charge in [-0.2, -0.15) is 0 Å². The molecule has 5 nitrogen and oxygen atoms in total. The molecule has 23 heavy (non-hydrogen) atoms. The Balaban J connectivity index is 1.62. The normalized spacial score (nSPS) is 26.8. The van der Waals surface area contributed by atoms with Gasteiger partial charge in [0.25, 0.3) is 0 Å². The third kappa shape index (κ3) is 4.45. The first-order chi connectivity index (χ1) is 11.2. The second-order valence-corrected chi connectivity index (χ2v) is 6.45. The van der Waals surface area contributed by atoms with Gasteiger partial charge in [0.05, 0.1) is 25.3 Å². The highest BCUT2D eigenvalue weighted by molar-refractivity contribution is 6.64. The van der Waals surface area contributed by atoms with Crippen molar-refractivity contribution < 1.29 is 4.74 Å². The number of aliphatic imine (C=N–C) groups is 1. The minimum Gasteiger partial charge on any atom is -0.371 e. The first-order valence-electron chi connectivity index (χ1n) is 8.15. The number of hydrogen-bond acceptors (Lipinski definition) is 4. The van der Waals surface area contributed by atoms with E-state index in [9.17, 15) is 0 Å². The summed E-state index contributed by atoms with van der Waals surface area (Å²) in [5, 5.41) is 4.53. The fourth-order valence-electron chi connectivity index (χ4n) is 2.99. The molecule has 0 radical (unpaired) electrons. The monoisotopic (exact) mass is 334 g/mol. The molecule has 6 heteroatoms. The van der Waals surface area contributed by atoms with E-state index in [0.29, 0.717) is 18.4 Å². The summed E-state index contributed by atoms with van der Waals surface area (Å²) in [7, 11) is 1.91. The minimum absolute atomic E-state index is 0.171. The molecule has 1 aliphatic carbocycles. The van der Waals surface area contributed by atoms with Gasteiger partial charge in [-0.25, -0.2) is 0 Å². The van der Waals surface area contributed by atoms with Gasteiger partial charge in [0.2, 0.25) is 5.29 Å². The van der Waals surface area contributed by atoms with Gasteiger partial charge in [-0.15, -0.1) is 5.10 Å². The first kappa shape index (κ1) is 16.3. The molecule has 1 saturated carbocycles. The number of nitrogens with zero attached hydrogens (tertiary/aromatic N) is 3. The summed E-state index contributed by atoms with van der Waals surface area (Å²) in [6.07, 6.45) is 4.70. The fourth-order valence-corrected chi connectivity index (χ4v) is 3.09. The Hall–Kier alpha value is -1.59. The second-order valence-electron chi connectivity index (χ2n) is 6.11. The van der Waals surface area contributed by atoms with E-state index in [-0.39, 0.29) is 12.1 Å². The number of benzene rings is 1. The number of hydrazone groups is 1. The van der Waals surface area contributed by atoms with Crippen LogP contribution in [-0.4, -0.2) is 41.8 Å². The number of likely N-dealkylation sites (N-methyl/N-ethyl adjacent to an activating group) is 1. The van der Waals surface area contributed by atoms with E-state index >= 15 is 0 Å². The largest absolute Gasteiger partial charge is 0.371 e. The number of rotatable bonds is 4. The van der Waals surface area contributed by atoms with E-state index in [4.69, 9.17) is 21.3 Å². The lowest BCUT2D eigenvalue weighted by atomic mass is 9.92. The second kappa shape index (κ2) is 7.79. The third-order valence-electron chi connectivity index (χ3n) is 4.28. The SMILES string of the molecule is CN1CC(=N[C@@H]2CCCC[C@H]2OCc2ccccc2)NN=C1Cl. The van der Waals surface area contributed by atoms with Gasteiger partial charge >= 0.3 is 0 Å². The topological polar surface area (TPSA) is 49.2 Å². The van der Waals surface area contributed by atoms with Crippen molar-refractivity contribution in [3.05, 3.63) is 35.9 Å². The smallest absolute Gasteiger partial charge is 0.217 e. The highest BCUT2D eigenvalue weighted by Gasteiger charge is 2.26. The van der Waals surface area contributed by atoms with Crippen LogP contribution in [0.5, 0.6) is 0 Å². The molecule has 0 unspecified atom stereocenters. The maximum atomic E-state index is 6.16. The Morgan fingerprint density at radius 1 is 1.30 bits per heavy atom. The van der Waals surface area contributed by atoms with Crippen molar-refractivity contribution in [1.82, 2.24) is 10.3 Å². The van der Waals surface area contributed by atoms with E-state index in [2.05, 4.69) is 22.7 Å². The van der Waals surface area contributed by atoms with E-state index in [1.165, 1.54) is 18.4 Å². The molecule has 3 rings (SSSR count). The van der Waals surface area contributed by atoms with Crippen molar-refractivity contribution in [1.29, 1.82) is 0 Å². The molecule has 2 atom stereocenters. The predicted octanol–water partition coefficient (Wildman–Crippen LogP) is 2.96. The molecule has 1 aromatic rings. The molecule has 1 aromatic carbocycles. The molecule has 0 saturated heterocycles. The van der Waals surface area contributed by atoms with E-state index in [1.807, 2.05) is 30.1 Å². The van der Waals surface area contributed by atoms with Crippen LogP contribution < -0.4 is 5.43 Å². The van der Waals surface area contributed by atoms with Gasteiger partial charge in [0, 0.05) is 7.05 Å². The lowest BCUT2D eigenvalue weighted by Crippen LogP contribution is -2.43. The van der Waals surface area contributed by atoms with Crippen LogP contribution in [0.4, 0.5) is 0 Å². The Bertz CT molecular complexity index is 575. The summed E-state index contributed by atoms with van der Waals surface area (Å²) in [5.74, 6) is 0.858. The summed E-state index contributed by atoms with van der Waals surface area (Å²) >= 11 is 5.96. The molecule has 0 bridgehead atoms. The average Bonchev–Trinajstić information content (AvgIpc) is 2.58. The van der Waals surface area contributed by atoms with Gasteiger partial charge in [-0.05, 0) is 30.0 Å². The molecule has 1 heterocycles. The lowest BCUT2D eigenvalue weighted by Gasteiger charge is -2.30. The molecule has 2 aliphatic rings. The van der Waals surface area contributed by atoms with Crippen molar-refractivity contribution in [2.45, 2.75) is 44.4 Å². The van der Waals surface area contributed by atoms with Gasteiger partial charge in [0.1, 0.15) is 5.84 Å². The van der Waals surface area contributed by atoms with Crippen molar-refractivity contribution in [2.75, 3.05) is 13.6 Å². The van der Waals surface area contributed by atoms with Crippen LogP contribution >= 0.6 is 11.6 Å². The van der Waals surface area contributed by atoms with Crippen molar-refractivity contribution in [2.24, 2.45) is 10.1 Å². The molecular formula is C17H23ClN4O. The van der Waals surface area contributed by atoms with E-state index in [0.717, 1.165) is 18.7 Å². The van der Waals surface area contributed by atoms with Crippen molar-refractivity contribution in [3.8, 4) is 0 Å². The summed E-state index contributed by atoms with van der Waals surface area (Å²) in [6.45, 7) is 1.30. The predicted molar refractivity (Wildman–Crippen MR) is 93.8 cm³/mol. The van der Waals surface area contributed by atoms with Gasteiger partial charge in [0.15, 0.2) is 0 Å². The Morgan fingerprint density at radius 2 is 2.09 bits per heavy atom. The molecule has 1 aliphatic heterocycles. The Kier molecular flexibility index (Phi) is 5.51. The highest BCUT2D eigenvalue weighted by Crippen LogP contribution is 2.25. The van der Waals surface area contributed by atoms with E-state index in [1.54, 1.807) is 0 Å². The molecule has 0 aromatic heterocycles. The van der Waals surface area contributed by atoms with Crippen LogP contribution in [0.2, 0.25) is 0 Å². The zero-order chi connectivity index (χ0) is 16.1. The van der Waals surface area contributed by atoms with Crippen LogP contribution in [0.25, 0.3) is 0 Å². The number of nitrogens with one attached hydrogen (secondary N) is 1. The fraction of sp³-hybridized carbons (Fsp3) is 0.529. The lowest BCUT2D eigenvalue weighted by molar-refractivity contribution is 0.00452. The summed E-state index contributed by atoms with van der Waals surface area (Å²) < 4.78 is 6.16. The van der Waals surface area contributed by atoms with E-state index < -0.39 is 0 Å². The first-order valence-corrected chi connectivity index (χ1v) is 8.53. The van der Waals surface area contributed by atoms with Crippen molar-refractivity contribution >= 4 is 22.7 Å². The molecule has 0 amide bonds. The van der Waals surface area contributed by atoms with Crippen molar-refractivity contribution in [3.63, 3.8) is 0 Å². The quantitative estimate of drug-likeness (QED) is 0.861. The zero-order valence-electron chi connectivity index (χ0n) is 13.4. The molecule has 1 N–H and O–H groups in total.